The standard InChI is InChI=1S/C26H28N6O5/c1-26(2,3)37-24(34)20-6-9-29-23(27)19(20)5-4-10-30-11-12-31(22(33)16-30)15-18-13-17-14-28-8-7-21(17)32(18)25(35)36/h6-9,13-14H,10-12,15-16H2,1-3H3,(H2,27,29)(H,35,36). The Morgan fingerprint density at radius 3 is 2.70 bits per heavy atom. The number of carbonyl (C=O) groups excluding carboxylic acids is 2. The number of amides is 1. The average molecular weight is 505 g/mol. The molecule has 37 heavy (non-hydrogen) atoms. The van der Waals surface area contributed by atoms with Gasteiger partial charge in [0.25, 0.3) is 0 Å². The molecule has 0 bridgehead atoms. The quantitative estimate of drug-likeness (QED) is 0.403. The van der Waals surface area contributed by atoms with Gasteiger partial charge in [0.1, 0.15) is 11.4 Å². The molecule has 192 valence electrons. The molecule has 0 aromatic carbocycles. The van der Waals surface area contributed by atoms with Gasteiger partial charge in [-0.25, -0.2) is 19.1 Å². The van der Waals surface area contributed by atoms with Gasteiger partial charge in [-0.2, -0.15) is 0 Å². The third-order valence-electron chi connectivity index (χ3n) is 5.74. The molecule has 1 aliphatic rings. The first kappa shape index (κ1) is 25.7. The summed E-state index contributed by atoms with van der Waals surface area (Å²) in [6, 6.07) is 4.89. The van der Waals surface area contributed by atoms with Gasteiger partial charge in [-0.05, 0) is 39.0 Å². The molecule has 11 heteroatoms. The first-order chi connectivity index (χ1) is 17.5. The van der Waals surface area contributed by atoms with Crippen LogP contribution in [0.4, 0.5) is 10.6 Å². The lowest BCUT2D eigenvalue weighted by Gasteiger charge is -2.33. The van der Waals surface area contributed by atoms with E-state index in [1.807, 2.05) is 4.90 Å². The molecular weight excluding hydrogens is 476 g/mol. The van der Waals surface area contributed by atoms with Gasteiger partial charge >= 0.3 is 12.1 Å². The van der Waals surface area contributed by atoms with Crippen LogP contribution in [0.15, 0.2) is 36.8 Å². The van der Waals surface area contributed by atoms with Gasteiger partial charge in [0.15, 0.2) is 0 Å². The largest absolute Gasteiger partial charge is 0.464 e. The van der Waals surface area contributed by atoms with Crippen LogP contribution >= 0.6 is 0 Å². The molecule has 1 saturated heterocycles. The van der Waals surface area contributed by atoms with Crippen molar-refractivity contribution in [1.82, 2.24) is 24.3 Å². The number of carbonyl (C=O) groups is 3. The van der Waals surface area contributed by atoms with Crippen LogP contribution in [0.2, 0.25) is 0 Å². The molecule has 4 heterocycles. The molecule has 0 spiro atoms. The van der Waals surface area contributed by atoms with E-state index in [4.69, 9.17) is 10.5 Å². The van der Waals surface area contributed by atoms with Crippen molar-refractivity contribution in [3.8, 4) is 11.8 Å². The summed E-state index contributed by atoms with van der Waals surface area (Å²) in [7, 11) is 0. The zero-order chi connectivity index (χ0) is 26.7. The maximum atomic E-state index is 12.8. The summed E-state index contributed by atoms with van der Waals surface area (Å²) < 4.78 is 6.62. The minimum absolute atomic E-state index is 0.126. The minimum Gasteiger partial charge on any atom is -0.464 e. The van der Waals surface area contributed by atoms with Crippen molar-refractivity contribution in [3.05, 3.63) is 53.6 Å². The number of nitrogen functional groups attached to an aromatic ring is 1. The summed E-state index contributed by atoms with van der Waals surface area (Å²) in [5.41, 5.74) is 6.85. The molecule has 3 N–H and O–H groups in total. The molecule has 3 aromatic rings. The van der Waals surface area contributed by atoms with Gasteiger partial charge in [0, 0.05) is 42.8 Å². The number of ether oxygens (including phenoxy) is 1. The lowest BCUT2D eigenvalue weighted by Crippen LogP contribution is -2.50. The number of nitrogens with two attached hydrogens (primary N) is 1. The zero-order valence-electron chi connectivity index (χ0n) is 20.9. The highest BCUT2D eigenvalue weighted by Gasteiger charge is 2.26. The molecule has 3 aromatic heterocycles. The van der Waals surface area contributed by atoms with E-state index in [9.17, 15) is 19.5 Å². The molecule has 11 nitrogen and oxygen atoms in total. The second kappa shape index (κ2) is 10.3. The van der Waals surface area contributed by atoms with E-state index in [-0.39, 0.29) is 42.5 Å². The Bertz CT molecular complexity index is 1430. The SMILES string of the molecule is CC(C)(C)OC(=O)c1ccnc(N)c1C#CCN1CCN(Cc2cc3cnccc3n2C(=O)O)C(=O)C1. The van der Waals surface area contributed by atoms with E-state index in [2.05, 4.69) is 21.8 Å². The van der Waals surface area contributed by atoms with Crippen LogP contribution in [0.25, 0.3) is 10.9 Å². The fraction of sp³-hybridized carbons (Fsp3) is 0.346. The molecule has 1 fully saturated rings. The Balaban J connectivity index is 1.42. The first-order valence-corrected chi connectivity index (χ1v) is 11.7. The van der Waals surface area contributed by atoms with Crippen molar-refractivity contribution in [2.24, 2.45) is 0 Å². The topological polar surface area (TPSA) is 144 Å². The van der Waals surface area contributed by atoms with Gasteiger partial charge in [0.2, 0.25) is 5.91 Å². The van der Waals surface area contributed by atoms with E-state index in [0.29, 0.717) is 29.7 Å². The van der Waals surface area contributed by atoms with E-state index in [1.54, 1.807) is 44.0 Å². The molecule has 4 rings (SSSR count). The Labute approximate surface area is 213 Å². The number of pyridine rings is 2. The second-order valence-electron chi connectivity index (χ2n) is 9.64. The third-order valence-corrected chi connectivity index (χ3v) is 5.74. The van der Waals surface area contributed by atoms with Crippen molar-refractivity contribution < 1.29 is 24.2 Å². The maximum Gasteiger partial charge on any atom is 0.416 e. The summed E-state index contributed by atoms with van der Waals surface area (Å²) in [6.07, 6.45) is 3.45. The number of piperazine rings is 1. The van der Waals surface area contributed by atoms with E-state index in [0.717, 1.165) is 0 Å². The minimum atomic E-state index is -1.11. The zero-order valence-corrected chi connectivity index (χ0v) is 20.9. The number of rotatable bonds is 4. The highest BCUT2D eigenvalue weighted by atomic mass is 16.6. The van der Waals surface area contributed by atoms with Gasteiger partial charge < -0.3 is 20.5 Å². The van der Waals surface area contributed by atoms with Crippen LogP contribution in [0.3, 0.4) is 0 Å². The number of anilines is 1. The predicted octanol–water partition coefficient (Wildman–Crippen LogP) is 2.19. The molecular formula is C26H28N6O5. The maximum absolute atomic E-state index is 12.8. The Kier molecular flexibility index (Phi) is 7.13. The summed E-state index contributed by atoms with van der Waals surface area (Å²) >= 11 is 0. The van der Waals surface area contributed by atoms with Crippen LogP contribution in [-0.4, -0.2) is 79.2 Å². The monoisotopic (exact) mass is 504 g/mol. The molecule has 1 aliphatic heterocycles. The predicted molar refractivity (Wildman–Crippen MR) is 136 cm³/mol. The average Bonchev–Trinajstić information content (AvgIpc) is 3.19. The second-order valence-corrected chi connectivity index (χ2v) is 9.64. The lowest BCUT2D eigenvalue weighted by atomic mass is 10.1. The fourth-order valence-corrected chi connectivity index (χ4v) is 4.06. The number of hydrogen-bond donors (Lipinski definition) is 2. The number of carboxylic acid groups (broad SMARTS) is 1. The van der Waals surface area contributed by atoms with Crippen molar-refractivity contribution in [3.63, 3.8) is 0 Å². The number of hydrogen-bond acceptors (Lipinski definition) is 8. The highest BCUT2D eigenvalue weighted by molar-refractivity contribution is 5.94. The van der Waals surface area contributed by atoms with Gasteiger partial charge in [0.05, 0.1) is 36.3 Å². The van der Waals surface area contributed by atoms with E-state index < -0.39 is 17.7 Å². The normalized spacial score (nSPS) is 14.4. The van der Waals surface area contributed by atoms with Crippen LogP contribution in [0.5, 0.6) is 0 Å². The van der Waals surface area contributed by atoms with Crippen LogP contribution in [0, 0.1) is 11.8 Å². The third kappa shape index (κ3) is 5.87. The molecule has 1 amide bonds. The van der Waals surface area contributed by atoms with Crippen molar-refractivity contribution >= 4 is 34.7 Å². The van der Waals surface area contributed by atoms with Crippen LogP contribution in [0.1, 0.15) is 42.4 Å². The van der Waals surface area contributed by atoms with Gasteiger partial charge in [-0.15, -0.1) is 0 Å². The molecule has 0 aliphatic carbocycles. The summed E-state index contributed by atoms with van der Waals surface area (Å²) in [5.74, 6) is 5.36. The smallest absolute Gasteiger partial charge is 0.416 e. The number of fused-ring (bicyclic) bond motifs is 1. The Morgan fingerprint density at radius 1 is 1.22 bits per heavy atom. The number of aromatic nitrogens is 3. The highest BCUT2D eigenvalue weighted by Crippen LogP contribution is 2.21. The molecule has 0 atom stereocenters. The van der Waals surface area contributed by atoms with Crippen LogP contribution in [-0.2, 0) is 16.1 Å². The van der Waals surface area contributed by atoms with Crippen molar-refractivity contribution in [2.75, 3.05) is 31.9 Å². The number of esters is 1. The molecule has 0 saturated carbocycles. The van der Waals surface area contributed by atoms with Gasteiger partial charge in [-0.1, -0.05) is 11.8 Å². The summed E-state index contributed by atoms with van der Waals surface area (Å²) in [4.78, 5) is 48.8. The lowest BCUT2D eigenvalue weighted by molar-refractivity contribution is -0.136. The summed E-state index contributed by atoms with van der Waals surface area (Å²) in [6.45, 7) is 6.87. The summed E-state index contributed by atoms with van der Waals surface area (Å²) in [5, 5.41) is 10.4. The molecule has 0 unspecified atom stereocenters. The fourth-order valence-electron chi connectivity index (χ4n) is 4.06. The number of nitrogens with zero attached hydrogens (tertiary/aromatic N) is 5. The van der Waals surface area contributed by atoms with Crippen molar-refractivity contribution in [2.45, 2.75) is 32.9 Å². The van der Waals surface area contributed by atoms with E-state index >= 15 is 0 Å². The Morgan fingerprint density at radius 2 is 2.00 bits per heavy atom. The van der Waals surface area contributed by atoms with Crippen molar-refractivity contribution in [1.29, 1.82) is 0 Å². The first-order valence-electron chi connectivity index (χ1n) is 11.7. The van der Waals surface area contributed by atoms with Gasteiger partial charge in [-0.3, -0.25) is 14.7 Å². The van der Waals surface area contributed by atoms with E-state index in [1.165, 1.54) is 23.0 Å². The van der Waals surface area contributed by atoms with Crippen LogP contribution < -0.4 is 5.73 Å². The molecule has 0 radical (unpaired) electrons. The Hall–Kier alpha value is -4.43.